The Morgan fingerprint density at radius 1 is 1.37 bits per heavy atom. The van der Waals surface area contributed by atoms with Crippen molar-refractivity contribution in [2.24, 2.45) is 5.92 Å². The zero-order valence-corrected chi connectivity index (χ0v) is 11.2. The van der Waals surface area contributed by atoms with Gasteiger partial charge in [0.2, 0.25) is 5.91 Å². The first-order valence-corrected chi connectivity index (χ1v) is 6.48. The zero-order chi connectivity index (χ0) is 13.8. The second-order valence-corrected chi connectivity index (χ2v) is 4.79. The molecule has 2 atom stereocenters. The van der Waals surface area contributed by atoms with Crippen LogP contribution < -0.4 is 16.0 Å². The highest BCUT2D eigenvalue weighted by Crippen LogP contribution is 2.18. The summed E-state index contributed by atoms with van der Waals surface area (Å²) < 4.78 is 0. The number of hydrogen-bond acceptors (Lipinski definition) is 3. The molecule has 0 spiro atoms. The van der Waals surface area contributed by atoms with Gasteiger partial charge < -0.3 is 16.0 Å². The van der Waals surface area contributed by atoms with Crippen LogP contribution in [0.4, 0.5) is 5.69 Å². The molecule has 0 radical (unpaired) electrons. The number of anilines is 1. The van der Waals surface area contributed by atoms with E-state index < -0.39 is 0 Å². The molecule has 3 N–H and O–H groups in total. The molecule has 19 heavy (non-hydrogen) atoms. The zero-order valence-electron chi connectivity index (χ0n) is 11.2. The van der Waals surface area contributed by atoms with E-state index in [0.29, 0.717) is 11.3 Å². The summed E-state index contributed by atoms with van der Waals surface area (Å²) in [7, 11) is 1.58. The Morgan fingerprint density at radius 2 is 2.16 bits per heavy atom. The summed E-state index contributed by atoms with van der Waals surface area (Å²) in [5, 5.41) is 8.69. The Balaban J connectivity index is 2.06. The minimum absolute atomic E-state index is 0.00607. The van der Waals surface area contributed by atoms with Gasteiger partial charge in [-0.1, -0.05) is 6.07 Å². The van der Waals surface area contributed by atoms with E-state index in [9.17, 15) is 9.59 Å². The van der Waals surface area contributed by atoms with Crippen molar-refractivity contribution in [3.8, 4) is 0 Å². The van der Waals surface area contributed by atoms with Crippen molar-refractivity contribution in [3.63, 3.8) is 0 Å². The van der Waals surface area contributed by atoms with Crippen molar-refractivity contribution >= 4 is 17.5 Å². The lowest BCUT2D eigenvalue weighted by Gasteiger charge is -2.15. The fraction of sp³-hybridized carbons (Fsp3) is 0.429. The highest BCUT2D eigenvalue weighted by Gasteiger charge is 2.29. The van der Waals surface area contributed by atoms with E-state index in [1.807, 2.05) is 6.92 Å². The quantitative estimate of drug-likeness (QED) is 0.759. The molecule has 1 aliphatic rings. The lowest BCUT2D eigenvalue weighted by Crippen LogP contribution is -2.32. The third-order valence-electron chi connectivity index (χ3n) is 3.48. The summed E-state index contributed by atoms with van der Waals surface area (Å²) in [6, 6.07) is 7.15. The Hall–Kier alpha value is -1.88. The van der Waals surface area contributed by atoms with Gasteiger partial charge in [-0.3, -0.25) is 9.59 Å². The molecular formula is C14H19N3O2. The lowest BCUT2D eigenvalue weighted by atomic mass is 10.0. The van der Waals surface area contributed by atoms with Crippen LogP contribution in [0.1, 0.15) is 23.7 Å². The Kier molecular flexibility index (Phi) is 4.16. The van der Waals surface area contributed by atoms with Crippen LogP contribution in [0.3, 0.4) is 0 Å². The van der Waals surface area contributed by atoms with E-state index >= 15 is 0 Å². The molecular weight excluding hydrogens is 242 g/mol. The average Bonchev–Trinajstić information content (AvgIpc) is 2.84. The van der Waals surface area contributed by atoms with E-state index in [0.717, 1.165) is 13.0 Å². The molecule has 2 rings (SSSR count). The van der Waals surface area contributed by atoms with Gasteiger partial charge >= 0.3 is 0 Å². The van der Waals surface area contributed by atoms with E-state index in [1.54, 1.807) is 31.3 Å². The van der Waals surface area contributed by atoms with Crippen molar-refractivity contribution in [2.75, 3.05) is 18.9 Å². The average molecular weight is 261 g/mol. The first kappa shape index (κ1) is 13.5. The van der Waals surface area contributed by atoms with E-state index in [1.165, 1.54) is 0 Å². The van der Waals surface area contributed by atoms with Gasteiger partial charge in [-0.25, -0.2) is 0 Å². The third kappa shape index (κ3) is 3.12. The monoisotopic (exact) mass is 261 g/mol. The third-order valence-corrected chi connectivity index (χ3v) is 3.48. The molecule has 0 aromatic heterocycles. The highest BCUT2D eigenvalue weighted by molar-refractivity contribution is 5.97. The SMILES string of the molecule is CNC(=O)c1cccc(NC(=O)C2CCNC2C)c1. The van der Waals surface area contributed by atoms with Gasteiger partial charge in [-0.15, -0.1) is 0 Å². The molecule has 102 valence electrons. The fourth-order valence-corrected chi connectivity index (χ4v) is 2.33. The molecule has 1 fully saturated rings. The number of carbonyl (C=O) groups is 2. The normalized spacial score (nSPS) is 22.0. The Labute approximate surface area is 112 Å². The predicted molar refractivity (Wildman–Crippen MR) is 74.0 cm³/mol. The smallest absolute Gasteiger partial charge is 0.251 e. The molecule has 5 nitrogen and oxygen atoms in total. The van der Waals surface area contributed by atoms with Gasteiger partial charge in [-0.2, -0.15) is 0 Å². The van der Waals surface area contributed by atoms with Crippen LogP contribution in [0.25, 0.3) is 0 Å². The Bertz CT molecular complexity index is 487. The van der Waals surface area contributed by atoms with Crippen LogP contribution in [0.2, 0.25) is 0 Å². The maximum Gasteiger partial charge on any atom is 0.251 e. The van der Waals surface area contributed by atoms with Crippen LogP contribution in [-0.2, 0) is 4.79 Å². The molecule has 1 aromatic rings. The van der Waals surface area contributed by atoms with E-state index in [2.05, 4.69) is 16.0 Å². The summed E-state index contributed by atoms with van der Waals surface area (Å²) >= 11 is 0. The first-order valence-electron chi connectivity index (χ1n) is 6.48. The maximum absolute atomic E-state index is 12.1. The number of amides is 2. The van der Waals surface area contributed by atoms with Crippen molar-refractivity contribution in [2.45, 2.75) is 19.4 Å². The van der Waals surface area contributed by atoms with Crippen LogP contribution in [0.5, 0.6) is 0 Å². The molecule has 0 aliphatic carbocycles. The van der Waals surface area contributed by atoms with Gasteiger partial charge in [0.15, 0.2) is 0 Å². The molecule has 1 saturated heterocycles. The maximum atomic E-state index is 12.1. The van der Waals surface area contributed by atoms with Gasteiger partial charge in [-0.05, 0) is 38.1 Å². The Morgan fingerprint density at radius 3 is 2.79 bits per heavy atom. The summed E-state index contributed by atoms with van der Waals surface area (Å²) in [4.78, 5) is 23.7. The number of rotatable bonds is 3. The molecule has 0 saturated carbocycles. The van der Waals surface area contributed by atoms with Crippen molar-refractivity contribution in [3.05, 3.63) is 29.8 Å². The molecule has 2 amide bonds. The van der Waals surface area contributed by atoms with Gasteiger partial charge in [0.25, 0.3) is 5.91 Å². The van der Waals surface area contributed by atoms with E-state index in [-0.39, 0.29) is 23.8 Å². The molecule has 1 aromatic carbocycles. The number of hydrogen-bond donors (Lipinski definition) is 3. The second-order valence-electron chi connectivity index (χ2n) is 4.79. The van der Waals surface area contributed by atoms with Crippen LogP contribution in [0, 0.1) is 5.92 Å². The minimum Gasteiger partial charge on any atom is -0.355 e. The van der Waals surface area contributed by atoms with Crippen molar-refractivity contribution in [1.82, 2.24) is 10.6 Å². The van der Waals surface area contributed by atoms with E-state index in [4.69, 9.17) is 0 Å². The lowest BCUT2D eigenvalue weighted by molar-refractivity contribution is -0.120. The van der Waals surface area contributed by atoms with Gasteiger partial charge in [0, 0.05) is 24.3 Å². The number of benzene rings is 1. The highest BCUT2D eigenvalue weighted by atomic mass is 16.2. The standard InChI is InChI=1S/C14H19N3O2/c1-9-12(6-7-16-9)14(19)17-11-5-3-4-10(8-11)13(18)15-2/h3-5,8-9,12,16H,6-7H2,1-2H3,(H,15,18)(H,17,19). The summed E-state index contributed by atoms with van der Waals surface area (Å²) in [6.07, 6.45) is 0.849. The van der Waals surface area contributed by atoms with Crippen molar-refractivity contribution in [1.29, 1.82) is 0 Å². The van der Waals surface area contributed by atoms with Crippen LogP contribution >= 0.6 is 0 Å². The van der Waals surface area contributed by atoms with Gasteiger partial charge in [0.1, 0.15) is 0 Å². The minimum atomic E-state index is -0.160. The predicted octanol–water partition coefficient (Wildman–Crippen LogP) is 0.983. The van der Waals surface area contributed by atoms with Crippen LogP contribution in [-0.4, -0.2) is 31.4 Å². The summed E-state index contributed by atoms with van der Waals surface area (Å²) in [5.41, 5.74) is 1.20. The topological polar surface area (TPSA) is 70.2 Å². The molecule has 1 aliphatic heterocycles. The summed E-state index contributed by atoms with van der Waals surface area (Å²) in [6.45, 7) is 2.88. The first-order chi connectivity index (χ1) is 9.11. The fourth-order valence-electron chi connectivity index (χ4n) is 2.33. The van der Waals surface area contributed by atoms with Crippen molar-refractivity contribution < 1.29 is 9.59 Å². The number of carbonyl (C=O) groups excluding carboxylic acids is 2. The molecule has 1 heterocycles. The second kappa shape index (κ2) is 5.84. The van der Waals surface area contributed by atoms with Crippen LogP contribution in [0.15, 0.2) is 24.3 Å². The largest absolute Gasteiger partial charge is 0.355 e. The number of nitrogens with one attached hydrogen (secondary N) is 3. The molecule has 0 bridgehead atoms. The molecule has 2 unspecified atom stereocenters. The molecule has 5 heteroatoms. The summed E-state index contributed by atoms with van der Waals surface area (Å²) in [5.74, 6) is -0.165. The van der Waals surface area contributed by atoms with Gasteiger partial charge in [0.05, 0.1) is 5.92 Å².